The first-order chi connectivity index (χ1) is 11.5. The molecule has 1 aliphatic heterocycles. The average molecular weight is 340 g/mol. The second kappa shape index (κ2) is 5.46. The monoisotopic (exact) mass is 340 g/mol. The summed E-state index contributed by atoms with van der Waals surface area (Å²) in [5.74, 6) is 0. The predicted molar refractivity (Wildman–Crippen MR) is 95.4 cm³/mol. The lowest BCUT2D eigenvalue weighted by molar-refractivity contribution is 0.383. The van der Waals surface area contributed by atoms with Gasteiger partial charge >= 0.3 is 0 Å². The summed E-state index contributed by atoms with van der Waals surface area (Å²) < 4.78 is 29.6. The van der Waals surface area contributed by atoms with Crippen LogP contribution in [0.2, 0.25) is 0 Å². The maximum absolute atomic E-state index is 13.0. The molecule has 0 N–H and O–H groups in total. The third-order valence-corrected chi connectivity index (χ3v) is 6.80. The number of aryl methyl sites for hydroxylation is 2. The maximum atomic E-state index is 13.0. The highest BCUT2D eigenvalue weighted by atomic mass is 32.2. The van der Waals surface area contributed by atoms with Crippen LogP contribution >= 0.6 is 0 Å². The summed E-state index contributed by atoms with van der Waals surface area (Å²) in [5, 5.41) is 1.24. The van der Waals surface area contributed by atoms with E-state index in [0.717, 1.165) is 23.2 Å². The SMILES string of the molecule is Cc1ccc(S(=O)(=O)N2CCc3c(n(C)c4ccccc34)C2)cc1. The lowest BCUT2D eigenvalue weighted by Crippen LogP contribution is -2.36. The zero-order chi connectivity index (χ0) is 16.9. The van der Waals surface area contributed by atoms with Crippen LogP contribution in [-0.4, -0.2) is 23.8 Å². The molecular weight excluding hydrogens is 320 g/mol. The van der Waals surface area contributed by atoms with Crippen LogP contribution in [0.5, 0.6) is 0 Å². The molecule has 0 atom stereocenters. The van der Waals surface area contributed by atoms with Crippen molar-refractivity contribution in [3.05, 3.63) is 65.4 Å². The summed E-state index contributed by atoms with van der Waals surface area (Å²) in [6.07, 6.45) is 0.752. The van der Waals surface area contributed by atoms with Crippen molar-refractivity contribution in [1.82, 2.24) is 8.87 Å². The van der Waals surface area contributed by atoms with E-state index in [2.05, 4.69) is 16.7 Å². The molecule has 2 heterocycles. The van der Waals surface area contributed by atoms with Gasteiger partial charge in [0.25, 0.3) is 0 Å². The molecule has 124 valence electrons. The average Bonchev–Trinajstić information content (AvgIpc) is 2.88. The number of fused-ring (bicyclic) bond motifs is 3. The third-order valence-electron chi connectivity index (χ3n) is 4.94. The molecule has 0 fully saturated rings. The molecule has 0 aliphatic carbocycles. The highest BCUT2D eigenvalue weighted by molar-refractivity contribution is 7.89. The van der Waals surface area contributed by atoms with Crippen molar-refractivity contribution in [3.63, 3.8) is 0 Å². The van der Waals surface area contributed by atoms with Crippen molar-refractivity contribution in [2.75, 3.05) is 6.54 Å². The zero-order valence-corrected chi connectivity index (χ0v) is 14.7. The van der Waals surface area contributed by atoms with Gasteiger partial charge < -0.3 is 4.57 Å². The summed E-state index contributed by atoms with van der Waals surface area (Å²) in [4.78, 5) is 0.371. The van der Waals surface area contributed by atoms with Crippen molar-refractivity contribution in [2.24, 2.45) is 7.05 Å². The first-order valence-corrected chi connectivity index (χ1v) is 9.54. The molecule has 0 spiro atoms. The quantitative estimate of drug-likeness (QED) is 0.719. The molecular formula is C19H20N2O2S. The van der Waals surface area contributed by atoms with Gasteiger partial charge in [0.15, 0.2) is 0 Å². The molecule has 2 aromatic carbocycles. The maximum Gasteiger partial charge on any atom is 0.243 e. The van der Waals surface area contributed by atoms with Crippen molar-refractivity contribution in [3.8, 4) is 0 Å². The molecule has 5 heteroatoms. The number of nitrogens with zero attached hydrogens (tertiary/aromatic N) is 2. The largest absolute Gasteiger partial charge is 0.346 e. The number of rotatable bonds is 2. The molecule has 0 radical (unpaired) electrons. The lowest BCUT2D eigenvalue weighted by Gasteiger charge is -2.27. The molecule has 24 heavy (non-hydrogen) atoms. The van der Waals surface area contributed by atoms with E-state index in [4.69, 9.17) is 0 Å². The standard InChI is InChI=1S/C19H20N2O2S/c1-14-7-9-15(10-8-14)24(22,23)21-12-11-17-16-5-3-4-6-18(16)20(2)19(17)13-21/h3-10H,11-13H2,1-2H3. The molecule has 0 saturated carbocycles. The number of aromatic nitrogens is 1. The van der Waals surface area contributed by atoms with Gasteiger partial charge in [-0.3, -0.25) is 0 Å². The van der Waals surface area contributed by atoms with E-state index in [9.17, 15) is 8.42 Å². The fourth-order valence-corrected chi connectivity index (χ4v) is 4.95. The Hall–Kier alpha value is -2.11. The number of benzene rings is 2. The Bertz CT molecular complexity index is 1020. The van der Waals surface area contributed by atoms with Gasteiger partial charge in [-0.1, -0.05) is 35.9 Å². The van der Waals surface area contributed by atoms with E-state index in [-0.39, 0.29) is 0 Å². The second-order valence-corrected chi connectivity index (χ2v) is 8.34. The molecule has 1 aliphatic rings. The molecule has 1 aromatic heterocycles. The van der Waals surface area contributed by atoms with Crippen LogP contribution < -0.4 is 0 Å². The van der Waals surface area contributed by atoms with E-state index in [1.807, 2.05) is 38.2 Å². The highest BCUT2D eigenvalue weighted by Gasteiger charge is 2.31. The van der Waals surface area contributed by atoms with Crippen LogP contribution in [0.1, 0.15) is 16.8 Å². The Morgan fingerprint density at radius 1 is 1.00 bits per heavy atom. The van der Waals surface area contributed by atoms with E-state index >= 15 is 0 Å². The second-order valence-electron chi connectivity index (χ2n) is 6.40. The number of sulfonamides is 1. The summed E-state index contributed by atoms with van der Waals surface area (Å²) in [7, 11) is -1.44. The Morgan fingerprint density at radius 2 is 1.71 bits per heavy atom. The Balaban J connectivity index is 1.75. The van der Waals surface area contributed by atoms with Gasteiger partial charge in [0.2, 0.25) is 10.0 Å². The van der Waals surface area contributed by atoms with Crippen molar-refractivity contribution >= 4 is 20.9 Å². The minimum atomic E-state index is -3.46. The first-order valence-electron chi connectivity index (χ1n) is 8.10. The van der Waals surface area contributed by atoms with Crippen LogP contribution in [0.4, 0.5) is 0 Å². The summed E-state index contributed by atoms with van der Waals surface area (Å²) in [5.41, 5.74) is 4.60. The van der Waals surface area contributed by atoms with Gasteiger partial charge in [-0.05, 0) is 37.1 Å². The van der Waals surface area contributed by atoms with Crippen molar-refractivity contribution in [1.29, 1.82) is 0 Å². The van der Waals surface area contributed by atoms with Crippen molar-refractivity contribution in [2.45, 2.75) is 24.8 Å². The lowest BCUT2D eigenvalue weighted by atomic mass is 10.1. The van der Waals surface area contributed by atoms with Crippen LogP contribution in [-0.2, 0) is 30.0 Å². The molecule has 0 bridgehead atoms. The van der Waals surface area contributed by atoms with Gasteiger partial charge in [0.05, 0.1) is 11.4 Å². The Labute approximate surface area is 142 Å². The van der Waals surface area contributed by atoms with Gasteiger partial charge in [-0.15, -0.1) is 0 Å². The van der Waals surface area contributed by atoms with Crippen LogP contribution in [0.25, 0.3) is 10.9 Å². The van der Waals surface area contributed by atoms with Crippen LogP contribution in [0.3, 0.4) is 0 Å². The fourth-order valence-electron chi connectivity index (χ4n) is 3.55. The zero-order valence-electron chi connectivity index (χ0n) is 13.9. The molecule has 0 unspecified atom stereocenters. The van der Waals surface area contributed by atoms with E-state index < -0.39 is 10.0 Å². The molecule has 0 saturated heterocycles. The van der Waals surface area contributed by atoms with Gasteiger partial charge in [0, 0.05) is 30.2 Å². The van der Waals surface area contributed by atoms with E-state index in [1.54, 1.807) is 16.4 Å². The minimum absolute atomic E-state index is 0.371. The van der Waals surface area contributed by atoms with Gasteiger partial charge in [0.1, 0.15) is 0 Å². The van der Waals surface area contributed by atoms with Crippen LogP contribution in [0, 0.1) is 6.92 Å². The molecule has 4 nitrogen and oxygen atoms in total. The molecule has 4 rings (SSSR count). The van der Waals surface area contributed by atoms with Gasteiger partial charge in [-0.2, -0.15) is 4.31 Å². The topological polar surface area (TPSA) is 42.3 Å². The normalized spacial score (nSPS) is 15.6. The van der Waals surface area contributed by atoms with Crippen molar-refractivity contribution < 1.29 is 8.42 Å². The number of hydrogen-bond donors (Lipinski definition) is 0. The van der Waals surface area contributed by atoms with Gasteiger partial charge in [-0.25, -0.2) is 8.42 Å². The third kappa shape index (κ3) is 2.27. The summed E-state index contributed by atoms with van der Waals surface area (Å²) >= 11 is 0. The Morgan fingerprint density at radius 3 is 2.46 bits per heavy atom. The summed E-state index contributed by atoms with van der Waals surface area (Å²) in [6, 6.07) is 15.4. The van der Waals surface area contributed by atoms with E-state index in [1.165, 1.54) is 10.9 Å². The Kier molecular flexibility index (Phi) is 3.51. The van der Waals surface area contributed by atoms with Crippen LogP contribution in [0.15, 0.2) is 53.4 Å². The predicted octanol–water partition coefficient (Wildman–Crippen LogP) is 3.23. The molecule has 0 amide bonds. The number of hydrogen-bond acceptors (Lipinski definition) is 2. The smallest absolute Gasteiger partial charge is 0.243 e. The van der Waals surface area contributed by atoms with E-state index in [0.29, 0.717) is 18.0 Å². The number of para-hydroxylation sites is 1. The fraction of sp³-hybridized carbons (Fsp3) is 0.263. The minimum Gasteiger partial charge on any atom is -0.346 e. The summed E-state index contributed by atoms with van der Waals surface area (Å²) in [6.45, 7) is 2.91. The first kappa shape index (κ1) is 15.4. The molecule has 3 aromatic rings. The highest BCUT2D eigenvalue weighted by Crippen LogP contribution is 2.32.